The second-order valence-electron chi connectivity index (χ2n) is 6.83. The first-order valence-corrected chi connectivity index (χ1v) is 11.1. The summed E-state index contributed by atoms with van der Waals surface area (Å²) in [6.45, 7) is -0.508. The highest BCUT2D eigenvalue weighted by molar-refractivity contribution is 7.91. The average Bonchev–Trinajstić information content (AvgIpc) is 3.09. The molecule has 0 aromatic heterocycles. The van der Waals surface area contributed by atoms with Crippen molar-refractivity contribution >= 4 is 21.7 Å². The normalized spacial score (nSPS) is 17.4. The lowest BCUT2D eigenvalue weighted by Gasteiger charge is -2.28. The molecule has 154 valence electrons. The molecule has 1 amide bonds. The van der Waals surface area contributed by atoms with Gasteiger partial charge in [0.05, 0.1) is 11.5 Å². The number of nitrogens with zero attached hydrogens (tertiary/aromatic N) is 1. The van der Waals surface area contributed by atoms with Crippen LogP contribution < -0.4 is 4.74 Å². The van der Waals surface area contributed by atoms with Crippen molar-refractivity contribution in [2.24, 2.45) is 0 Å². The summed E-state index contributed by atoms with van der Waals surface area (Å²) >= 11 is 0. The molecule has 1 aliphatic heterocycles. The van der Waals surface area contributed by atoms with Crippen LogP contribution in [0.25, 0.3) is 0 Å². The maximum atomic E-state index is 12.7. The molecule has 1 aliphatic rings. The highest BCUT2D eigenvalue weighted by Crippen LogP contribution is 2.20. The van der Waals surface area contributed by atoms with Gasteiger partial charge in [0.25, 0.3) is 5.91 Å². The van der Waals surface area contributed by atoms with E-state index in [1.807, 2.05) is 36.4 Å². The Morgan fingerprint density at radius 3 is 2.24 bits per heavy atom. The Bertz CT molecular complexity index is 930. The van der Waals surface area contributed by atoms with Gasteiger partial charge in [0.1, 0.15) is 5.75 Å². The largest absolute Gasteiger partial charge is 0.482 e. The van der Waals surface area contributed by atoms with Crippen LogP contribution in [-0.2, 0) is 30.7 Å². The average molecular weight is 417 g/mol. The summed E-state index contributed by atoms with van der Waals surface area (Å²) in [7, 11) is -3.16. The number of sulfone groups is 1. The van der Waals surface area contributed by atoms with Gasteiger partial charge in [0.2, 0.25) is 0 Å². The third kappa shape index (κ3) is 6.32. The fraction of sp³-hybridized carbons (Fsp3) is 0.333. The zero-order chi connectivity index (χ0) is 20.7. The maximum Gasteiger partial charge on any atom is 0.344 e. The van der Waals surface area contributed by atoms with Gasteiger partial charge in [-0.15, -0.1) is 0 Å². The Kier molecular flexibility index (Phi) is 6.87. The van der Waals surface area contributed by atoms with Gasteiger partial charge in [-0.1, -0.05) is 48.5 Å². The van der Waals surface area contributed by atoms with Crippen LogP contribution in [-0.4, -0.2) is 56.0 Å². The lowest BCUT2D eigenvalue weighted by molar-refractivity contribution is -0.154. The van der Waals surface area contributed by atoms with E-state index in [-0.39, 0.29) is 24.7 Å². The molecular weight excluding hydrogens is 394 g/mol. The van der Waals surface area contributed by atoms with Crippen molar-refractivity contribution in [2.45, 2.75) is 19.0 Å². The van der Waals surface area contributed by atoms with Crippen LogP contribution >= 0.6 is 0 Å². The van der Waals surface area contributed by atoms with Crippen LogP contribution in [0.15, 0.2) is 60.7 Å². The molecule has 3 rings (SSSR count). The number of carbonyl (C=O) groups is 2. The molecule has 0 aliphatic carbocycles. The van der Waals surface area contributed by atoms with Gasteiger partial charge in [-0.2, -0.15) is 0 Å². The molecule has 0 saturated carbocycles. The van der Waals surface area contributed by atoms with E-state index in [1.54, 1.807) is 24.3 Å². The minimum absolute atomic E-state index is 0.0565. The minimum atomic E-state index is -3.16. The standard InChI is InChI=1S/C21H23NO6S/c23-20(14-28-21(24)15-27-19-9-5-2-6-10-19)22(13-17-7-3-1-4-8-17)18-11-12-29(25,26)16-18/h1-10,18H,11-16H2/t18-/m1/s1. The summed E-state index contributed by atoms with van der Waals surface area (Å²) < 4.78 is 34.1. The zero-order valence-electron chi connectivity index (χ0n) is 15.9. The Morgan fingerprint density at radius 2 is 1.62 bits per heavy atom. The van der Waals surface area contributed by atoms with Crippen molar-refractivity contribution in [3.63, 3.8) is 0 Å². The predicted molar refractivity (Wildman–Crippen MR) is 107 cm³/mol. The number of benzene rings is 2. The van der Waals surface area contributed by atoms with Crippen LogP contribution in [0.1, 0.15) is 12.0 Å². The van der Waals surface area contributed by atoms with Crippen LogP contribution in [0.2, 0.25) is 0 Å². The van der Waals surface area contributed by atoms with E-state index < -0.39 is 34.4 Å². The van der Waals surface area contributed by atoms with Gasteiger partial charge in [-0.05, 0) is 24.1 Å². The molecular formula is C21H23NO6S. The molecule has 0 unspecified atom stereocenters. The molecule has 0 N–H and O–H groups in total. The van der Waals surface area contributed by atoms with Crippen LogP contribution in [0, 0.1) is 0 Å². The summed E-state index contributed by atoms with van der Waals surface area (Å²) in [6, 6.07) is 17.7. The first-order chi connectivity index (χ1) is 13.9. The van der Waals surface area contributed by atoms with Gasteiger partial charge < -0.3 is 14.4 Å². The van der Waals surface area contributed by atoms with Gasteiger partial charge in [-0.3, -0.25) is 4.79 Å². The van der Waals surface area contributed by atoms with Crippen LogP contribution in [0.4, 0.5) is 0 Å². The molecule has 1 heterocycles. The number of para-hydroxylation sites is 1. The molecule has 2 aromatic rings. The van der Waals surface area contributed by atoms with E-state index in [9.17, 15) is 18.0 Å². The fourth-order valence-electron chi connectivity index (χ4n) is 3.15. The summed E-state index contributed by atoms with van der Waals surface area (Å²) in [5.74, 6) is -0.583. The lowest BCUT2D eigenvalue weighted by Crippen LogP contribution is -2.43. The van der Waals surface area contributed by atoms with Crippen molar-refractivity contribution in [1.29, 1.82) is 0 Å². The highest BCUT2D eigenvalue weighted by Gasteiger charge is 2.35. The van der Waals surface area contributed by atoms with E-state index in [4.69, 9.17) is 9.47 Å². The van der Waals surface area contributed by atoms with Gasteiger partial charge in [0, 0.05) is 12.6 Å². The van der Waals surface area contributed by atoms with Crippen LogP contribution in [0.3, 0.4) is 0 Å². The lowest BCUT2D eigenvalue weighted by atomic mass is 10.1. The SMILES string of the molecule is O=C(COc1ccccc1)OCC(=O)N(Cc1ccccc1)[C@@H]1CCS(=O)(=O)C1. The van der Waals surface area contributed by atoms with Gasteiger partial charge >= 0.3 is 5.97 Å². The van der Waals surface area contributed by atoms with E-state index in [2.05, 4.69) is 0 Å². The number of carbonyl (C=O) groups excluding carboxylic acids is 2. The number of ether oxygens (including phenoxy) is 2. The van der Waals surface area contributed by atoms with Gasteiger partial charge in [-0.25, -0.2) is 13.2 Å². The second-order valence-corrected chi connectivity index (χ2v) is 9.06. The third-order valence-corrected chi connectivity index (χ3v) is 6.37. The molecule has 1 atom stereocenters. The van der Waals surface area contributed by atoms with Crippen molar-refractivity contribution in [1.82, 2.24) is 4.90 Å². The maximum absolute atomic E-state index is 12.7. The minimum Gasteiger partial charge on any atom is -0.482 e. The molecule has 0 radical (unpaired) electrons. The van der Waals surface area contributed by atoms with Crippen molar-refractivity contribution < 1.29 is 27.5 Å². The zero-order valence-corrected chi connectivity index (χ0v) is 16.7. The Hall–Kier alpha value is -2.87. The first-order valence-electron chi connectivity index (χ1n) is 9.30. The quantitative estimate of drug-likeness (QED) is 0.609. The molecule has 8 heteroatoms. The summed E-state index contributed by atoms with van der Waals surface area (Å²) in [6.07, 6.45) is 0.381. The summed E-state index contributed by atoms with van der Waals surface area (Å²) in [4.78, 5) is 26.1. The number of rotatable bonds is 8. The number of hydrogen-bond acceptors (Lipinski definition) is 6. The van der Waals surface area contributed by atoms with Crippen molar-refractivity contribution in [2.75, 3.05) is 24.7 Å². The second kappa shape index (κ2) is 9.56. The topological polar surface area (TPSA) is 90.0 Å². The Balaban J connectivity index is 1.58. The number of amides is 1. The molecule has 1 saturated heterocycles. The van der Waals surface area contributed by atoms with Crippen LogP contribution in [0.5, 0.6) is 5.75 Å². The molecule has 1 fully saturated rings. The van der Waals surface area contributed by atoms with Crippen molar-refractivity contribution in [3.05, 3.63) is 66.2 Å². The van der Waals surface area contributed by atoms with Gasteiger partial charge in [0.15, 0.2) is 23.1 Å². The fourth-order valence-corrected chi connectivity index (χ4v) is 4.88. The molecule has 2 aromatic carbocycles. The van der Waals surface area contributed by atoms with Crippen molar-refractivity contribution in [3.8, 4) is 5.75 Å². The molecule has 7 nitrogen and oxygen atoms in total. The summed E-state index contributed by atoms with van der Waals surface area (Å²) in [5.41, 5.74) is 0.879. The first kappa shape index (κ1) is 20.9. The van der Waals surface area contributed by atoms with E-state index in [1.165, 1.54) is 4.90 Å². The number of hydrogen-bond donors (Lipinski definition) is 0. The highest BCUT2D eigenvalue weighted by atomic mass is 32.2. The molecule has 0 bridgehead atoms. The monoisotopic (exact) mass is 417 g/mol. The predicted octanol–water partition coefficient (Wildman–Crippen LogP) is 1.82. The Labute approximate surface area is 170 Å². The van der Waals surface area contributed by atoms with E-state index >= 15 is 0 Å². The third-order valence-electron chi connectivity index (χ3n) is 4.62. The Morgan fingerprint density at radius 1 is 0.966 bits per heavy atom. The number of esters is 1. The molecule has 0 spiro atoms. The summed E-state index contributed by atoms with van der Waals surface area (Å²) in [5, 5.41) is 0. The smallest absolute Gasteiger partial charge is 0.344 e. The van der Waals surface area contributed by atoms with E-state index in [0.29, 0.717) is 12.2 Å². The molecule has 29 heavy (non-hydrogen) atoms. The van der Waals surface area contributed by atoms with E-state index in [0.717, 1.165) is 5.56 Å².